The van der Waals surface area contributed by atoms with Crippen LogP contribution in [0.2, 0.25) is 0 Å². The highest BCUT2D eigenvalue weighted by molar-refractivity contribution is 7.16. The Morgan fingerprint density at radius 1 is 0.360 bits per heavy atom. The largest absolute Gasteiger partial charge is 0.288 e. The van der Waals surface area contributed by atoms with Gasteiger partial charge in [-0.2, -0.15) is 0 Å². The fourth-order valence-corrected chi connectivity index (χ4v) is 14.3. The lowest BCUT2D eigenvalue weighted by Crippen LogP contribution is -2.25. The Labute approximate surface area is 445 Å². The van der Waals surface area contributed by atoms with E-state index in [-0.39, 0.29) is 39.7 Å². The fraction of sp³-hybridized carbons (Fsp3) is 0.188. The minimum atomic E-state index is -0.214. The van der Waals surface area contributed by atoms with Gasteiger partial charge in [0.25, 0.3) is 0 Å². The standard InChI is InChI=1S/C69H54O4S2/c1-3-5-7-13-27-69(28-14-8-6-4-2)61-37-45(63-25-21-51(74-63)39-59-65(70)55-33-47-29-41-15-9-10-16-42(41)30-48(47)34-56(55)66(59)71)19-23-53(61)54-24-20-46(38-62(54)69)64-26-22-52(75-64)40-60-67(72)57-35-49-31-43-17-11-12-18-44(43)32-50(49)36-58(57)68(60)73/h9-12,15-26,29-40H,3-8,13-14,27-28H2,1-2H3. The monoisotopic (exact) mass is 1010 g/mol. The summed E-state index contributed by atoms with van der Waals surface area (Å²) in [7, 11) is 0. The molecule has 75 heavy (non-hydrogen) atoms. The molecule has 0 unspecified atom stereocenters. The molecule has 0 radical (unpaired) electrons. The van der Waals surface area contributed by atoms with Crippen LogP contribution >= 0.6 is 22.7 Å². The molecule has 3 aliphatic rings. The number of hydrogen-bond donors (Lipinski definition) is 0. The third kappa shape index (κ3) is 8.09. The summed E-state index contributed by atoms with van der Waals surface area (Å²) >= 11 is 3.25. The highest BCUT2D eigenvalue weighted by Gasteiger charge is 2.43. The third-order valence-corrected chi connectivity index (χ3v) is 18.5. The van der Waals surface area contributed by atoms with E-state index < -0.39 is 0 Å². The number of unbranched alkanes of at least 4 members (excludes halogenated alkanes) is 6. The minimum Gasteiger partial charge on any atom is -0.288 e. The van der Waals surface area contributed by atoms with Gasteiger partial charge in [0.1, 0.15) is 0 Å². The summed E-state index contributed by atoms with van der Waals surface area (Å²) in [6.45, 7) is 4.55. The number of fused-ring (bicyclic) bond motifs is 9. The average molecular weight is 1010 g/mol. The Morgan fingerprint density at radius 3 is 1.07 bits per heavy atom. The van der Waals surface area contributed by atoms with E-state index in [9.17, 15) is 19.2 Å². The van der Waals surface area contributed by atoms with Crippen LogP contribution in [0.4, 0.5) is 0 Å². The zero-order valence-electron chi connectivity index (χ0n) is 42.2. The van der Waals surface area contributed by atoms with Gasteiger partial charge in [0.15, 0.2) is 23.1 Å². The Bertz CT molecular complexity index is 3720. The molecule has 0 saturated heterocycles. The second-order valence-electron chi connectivity index (χ2n) is 20.9. The molecular formula is C69H54O4S2. The first kappa shape index (κ1) is 47.1. The molecule has 0 fully saturated rings. The van der Waals surface area contributed by atoms with Crippen molar-refractivity contribution in [3.05, 3.63) is 212 Å². The van der Waals surface area contributed by atoms with Crippen LogP contribution in [0.5, 0.6) is 0 Å². The molecule has 3 aliphatic carbocycles. The predicted molar refractivity (Wildman–Crippen MR) is 313 cm³/mol. The molecule has 6 heteroatoms. The van der Waals surface area contributed by atoms with Gasteiger partial charge in [-0.15, -0.1) is 22.7 Å². The second-order valence-corrected chi connectivity index (χ2v) is 23.2. The SMILES string of the molecule is CCCCCCC1(CCCCCC)c2cc(-c3ccc(C=C4C(=O)c5cc6cc7ccccc7cc6cc5C4=O)s3)ccc2-c2ccc(-c3ccc(C=C4C(=O)c5cc6cc7ccccc7cc6cc5C4=O)s3)cc21. The molecule has 0 bridgehead atoms. The number of allylic oxidation sites excluding steroid dienone is 2. The summed E-state index contributed by atoms with van der Waals surface area (Å²) in [6.07, 6.45) is 15.1. The summed E-state index contributed by atoms with van der Waals surface area (Å²) in [5.41, 5.74) is 9.81. The van der Waals surface area contributed by atoms with Gasteiger partial charge in [0.2, 0.25) is 0 Å². The van der Waals surface area contributed by atoms with Gasteiger partial charge in [0, 0.05) is 47.2 Å². The van der Waals surface area contributed by atoms with Gasteiger partial charge in [-0.3, -0.25) is 19.2 Å². The number of hydrogen-bond acceptors (Lipinski definition) is 6. The quantitative estimate of drug-likeness (QED) is 0.0471. The van der Waals surface area contributed by atoms with Crippen molar-refractivity contribution in [2.75, 3.05) is 0 Å². The maximum Gasteiger partial charge on any atom is 0.197 e. The van der Waals surface area contributed by atoms with Gasteiger partial charge in [0.05, 0.1) is 11.1 Å². The highest BCUT2D eigenvalue weighted by atomic mass is 32.1. The highest BCUT2D eigenvalue weighted by Crippen LogP contribution is 2.56. The number of ketones is 4. The summed E-state index contributed by atoms with van der Waals surface area (Å²) in [5, 5.41) is 8.23. The summed E-state index contributed by atoms with van der Waals surface area (Å²) in [4.78, 5) is 59.8. The number of thiophene rings is 2. The van der Waals surface area contributed by atoms with Gasteiger partial charge in [-0.05, 0) is 186 Å². The molecule has 0 N–H and O–H groups in total. The summed E-state index contributed by atoms with van der Waals surface area (Å²) in [5.74, 6) is -0.854. The van der Waals surface area contributed by atoms with Crippen molar-refractivity contribution < 1.29 is 19.2 Å². The number of Topliss-reactive ketones (excluding diaryl/α,β-unsaturated/α-hetero) is 4. The van der Waals surface area contributed by atoms with Gasteiger partial charge in [-0.25, -0.2) is 0 Å². The van der Waals surface area contributed by atoms with Gasteiger partial charge < -0.3 is 0 Å². The van der Waals surface area contributed by atoms with Crippen LogP contribution in [0.25, 0.3) is 87.2 Å². The van der Waals surface area contributed by atoms with Crippen molar-refractivity contribution in [2.45, 2.75) is 83.5 Å². The van der Waals surface area contributed by atoms with E-state index in [2.05, 4.69) is 111 Å². The van der Waals surface area contributed by atoms with Crippen molar-refractivity contribution in [2.24, 2.45) is 0 Å². The molecule has 10 aromatic rings. The van der Waals surface area contributed by atoms with E-state index in [0.29, 0.717) is 22.3 Å². The number of carbonyl (C=O) groups excluding carboxylic acids is 4. The maximum atomic E-state index is 14.0. The maximum absolute atomic E-state index is 14.0. The number of rotatable bonds is 14. The molecule has 8 aromatic carbocycles. The summed E-state index contributed by atoms with van der Waals surface area (Å²) in [6, 6.07) is 54.7. The molecule has 0 amide bonds. The van der Waals surface area contributed by atoms with Crippen LogP contribution in [0.15, 0.2) is 169 Å². The smallest absolute Gasteiger partial charge is 0.197 e. The Kier molecular flexibility index (Phi) is 11.9. The Morgan fingerprint density at radius 2 is 0.720 bits per heavy atom. The van der Waals surface area contributed by atoms with Crippen LogP contribution in [0, 0.1) is 0 Å². The van der Waals surface area contributed by atoms with Crippen molar-refractivity contribution in [3.8, 4) is 32.0 Å². The Hall–Kier alpha value is -7.64. The lowest BCUT2D eigenvalue weighted by atomic mass is 9.70. The topological polar surface area (TPSA) is 68.3 Å². The van der Waals surface area contributed by atoms with Crippen LogP contribution in [-0.4, -0.2) is 23.1 Å². The second kappa shape index (κ2) is 18.9. The first-order valence-corrected chi connectivity index (χ1v) is 28.4. The zero-order chi connectivity index (χ0) is 51.0. The fourth-order valence-electron chi connectivity index (χ4n) is 12.4. The van der Waals surface area contributed by atoms with E-state index in [1.165, 1.54) is 60.8 Å². The van der Waals surface area contributed by atoms with Gasteiger partial charge >= 0.3 is 0 Å². The van der Waals surface area contributed by atoms with Crippen LogP contribution in [-0.2, 0) is 5.41 Å². The molecule has 0 atom stereocenters. The summed E-state index contributed by atoms with van der Waals surface area (Å²) < 4.78 is 0. The molecule has 366 valence electrons. The molecule has 2 aromatic heterocycles. The van der Waals surface area contributed by atoms with Crippen molar-refractivity contribution >= 4 is 101 Å². The van der Waals surface area contributed by atoms with Crippen molar-refractivity contribution in [1.82, 2.24) is 0 Å². The average Bonchev–Trinajstić information content (AvgIpc) is 4.26. The van der Waals surface area contributed by atoms with Crippen molar-refractivity contribution in [1.29, 1.82) is 0 Å². The first-order chi connectivity index (χ1) is 36.7. The van der Waals surface area contributed by atoms with Gasteiger partial charge in [-0.1, -0.05) is 138 Å². The first-order valence-electron chi connectivity index (χ1n) is 26.7. The van der Waals surface area contributed by atoms with E-state index in [0.717, 1.165) is 99.4 Å². The molecule has 4 nitrogen and oxygen atoms in total. The van der Waals surface area contributed by atoms with E-state index >= 15 is 0 Å². The normalized spacial score (nSPS) is 14.4. The van der Waals surface area contributed by atoms with Crippen LogP contribution in [0.1, 0.15) is 140 Å². The minimum absolute atomic E-state index is 0.185. The van der Waals surface area contributed by atoms with Crippen LogP contribution < -0.4 is 0 Å². The molecule has 13 rings (SSSR count). The lowest BCUT2D eigenvalue weighted by molar-refractivity contribution is 0.0975. The lowest BCUT2D eigenvalue weighted by Gasteiger charge is -2.33. The van der Waals surface area contributed by atoms with E-state index in [1.807, 2.05) is 60.7 Å². The molecule has 0 saturated carbocycles. The number of benzene rings is 8. The van der Waals surface area contributed by atoms with E-state index in [4.69, 9.17) is 0 Å². The van der Waals surface area contributed by atoms with E-state index in [1.54, 1.807) is 34.8 Å². The third-order valence-electron chi connectivity index (χ3n) is 16.3. The molecule has 2 heterocycles. The Balaban J connectivity index is 0.825. The van der Waals surface area contributed by atoms with Crippen LogP contribution in [0.3, 0.4) is 0 Å². The predicted octanol–water partition coefficient (Wildman–Crippen LogP) is 18.9. The molecular weight excluding hydrogens is 957 g/mol. The zero-order valence-corrected chi connectivity index (χ0v) is 43.8. The molecule has 0 aliphatic heterocycles. The molecule has 0 spiro atoms. The number of carbonyl (C=O) groups is 4. The van der Waals surface area contributed by atoms with Crippen molar-refractivity contribution in [3.63, 3.8) is 0 Å².